The Kier molecular flexibility index (Phi) is 3.44. The van der Waals surface area contributed by atoms with Crippen molar-refractivity contribution in [3.8, 4) is 0 Å². The first-order valence-electron chi connectivity index (χ1n) is 7.07. The van der Waals surface area contributed by atoms with Crippen LogP contribution in [0.4, 0.5) is 0 Å². The molecule has 2 aromatic carbocycles. The molecular weight excluding hydrogens is 347 g/mol. The summed E-state index contributed by atoms with van der Waals surface area (Å²) in [6.45, 7) is 0. The van der Waals surface area contributed by atoms with Gasteiger partial charge >= 0.3 is 0 Å². The lowest BCUT2D eigenvalue weighted by Gasteiger charge is -2.10. The molecule has 0 saturated carbocycles. The molecule has 2 aromatic rings. The molecule has 2 aliphatic heterocycles. The van der Waals surface area contributed by atoms with Gasteiger partial charge in [0.25, 0.3) is 0 Å². The van der Waals surface area contributed by atoms with Crippen LogP contribution in [-0.2, 0) is 0 Å². The average Bonchev–Trinajstić information content (AvgIpc) is 3.08. The molecule has 0 fully saturated rings. The minimum absolute atomic E-state index is 0.243. The molecule has 2 heterocycles. The summed E-state index contributed by atoms with van der Waals surface area (Å²) in [5.74, 6) is -0.927. The van der Waals surface area contributed by atoms with E-state index in [9.17, 15) is 10.2 Å². The van der Waals surface area contributed by atoms with E-state index in [-0.39, 0.29) is 11.1 Å². The van der Waals surface area contributed by atoms with Crippen molar-refractivity contribution in [2.24, 2.45) is 9.98 Å². The van der Waals surface area contributed by atoms with Crippen LogP contribution >= 0.6 is 23.2 Å². The highest BCUT2D eigenvalue weighted by molar-refractivity contribution is 6.33. The Labute approximate surface area is 147 Å². The summed E-state index contributed by atoms with van der Waals surface area (Å²) in [4.78, 5) is 8.10. The molecule has 6 heteroatoms. The van der Waals surface area contributed by atoms with E-state index in [2.05, 4.69) is 9.98 Å². The first-order chi connectivity index (χ1) is 11.5. The second-order valence-corrected chi connectivity index (χ2v) is 6.17. The van der Waals surface area contributed by atoms with Gasteiger partial charge in [0.05, 0.1) is 11.4 Å². The Balaban J connectivity index is 1.77. The van der Waals surface area contributed by atoms with Crippen LogP contribution in [0.2, 0.25) is 10.0 Å². The molecule has 0 spiro atoms. The first-order valence-corrected chi connectivity index (χ1v) is 7.83. The standard InChI is InChI=1S/C18H10Cl2N2O2/c19-11-5-1-9(2-6-11)15-13-14(18(24)21-15)16(22-17(13)23)10-3-7-12(20)8-4-10/h1-8H,(H,21,24)(H,22,23)/p-2. The second kappa shape index (κ2) is 5.51. The number of halogens is 2. The fraction of sp³-hybridized carbons (Fsp3) is 0. The minimum atomic E-state index is -0.463. The van der Waals surface area contributed by atoms with E-state index in [0.29, 0.717) is 32.6 Å². The number of allylic oxidation sites excluding steroid dienone is 2. The first kappa shape index (κ1) is 15.0. The third-order valence-electron chi connectivity index (χ3n) is 3.81. The van der Waals surface area contributed by atoms with Gasteiger partial charge in [-0.15, -0.1) is 0 Å². The molecule has 0 bridgehead atoms. The van der Waals surface area contributed by atoms with Crippen LogP contribution in [-0.4, -0.2) is 11.4 Å². The van der Waals surface area contributed by atoms with Crippen molar-refractivity contribution in [3.63, 3.8) is 0 Å². The summed E-state index contributed by atoms with van der Waals surface area (Å²) in [6.07, 6.45) is 0. The van der Waals surface area contributed by atoms with Gasteiger partial charge in [0.15, 0.2) is 0 Å². The van der Waals surface area contributed by atoms with Crippen molar-refractivity contribution in [3.05, 3.63) is 92.6 Å². The van der Waals surface area contributed by atoms with Crippen LogP contribution in [0.25, 0.3) is 0 Å². The highest BCUT2D eigenvalue weighted by Crippen LogP contribution is 2.36. The number of hydrogen-bond donors (Lipinski definition) is 0. The van der Waals surface area contributed by atoms with E-state index >= 15 is 0 Å². The summed E-state index contributed by atoms with van der Waals surface area (Å²) in [7, 11) is 0. The number of aliphatic imine (C=N–C) groups is 2. The van der Waals surface area contributed by atoms with Gasteiger partial charge < -0.3 is 10.2 Å². The number of rotatable bonds is 2. The highest BCUT2D eigenvalue weighted by atomic mass is 35.5. The lowest BCUT2D eigenvalue weighted by Crippen LogP contribution is -2.11. The maximum Gasteiger partial charge on any atom is 0.0783 e. The Hall–Kier alpha value is -2.56. The molecule has 0 atom stereocenters. The molecule has 0 amide bonds. The topological polar surface area (TPSA) is 70.8 Å². The molecule has 24 heavy (non-hydrogen) atoms. The summed E-state index contributed by atoms with van der Waals surface area (Å²) in [5.41, 5.74) is 2.46. The zero-order chi connectivity index (χ0) is 16.8. The van der Waals surface area contributed by atoms with Crippen LogP contribution in [0.3, 0.4) is 0 Å². The molecule has 118 valence electrons. The smallest absolute Gasteiger partial charge is 0.0783 e. The predicted octanol–water partition coefficient (Wildman–Crippen LogP) is 2.44. The Morgan fingerprint density at radius 3 is 1.25 bits per heavy atom. The molecule has 0 unspecified atom stereocenters. The molecular formula is C18H8Cl2N2O2-2. The van der Waals surface area contributed by atoms with E-state index < -0.39 is 11.8 Å². The minimum Gasteiger partial charge on any atom is -0.858 e. The third kappa shape index (κ3) is 2.31. The molecule has 0 aliphatic carbocycles. The molecule has 4 nitrogen and oxygen atoms in total. The quantitative estimate of drug-likeness (QED) is 0.830. The average molecular weight is 355 g/mol. The van der Waals surface area contributed by atoms with Gasteiger partial charge in [-0.3, -0.25) is 9.98 Å². The molecule has 0 N–H and O–H groups in total. The van der Waals surface area contributed by atoms with Crippen LogP contribution < -0.4 is 10.2 Å². The monoisotopic (exact) mass is 354 g/mol. The van der Waals surface area contributed by atoms with Crippen LogP contribution in [0.15, 0.2) is 81.4 Å². The largest absolute Gasteiger partial charge is 0.858 e. The lowest BCUT2D eigenvalue weighted by molar-refractivity contribution is -0.306. The Bertz CT molecular complexity index is 888. The second-order valence-electron chi connectivity index (χ2n) is 5.29. The SMILES string of the molecule is [O-]C1=C2C(c3ccc(Cl)cc3)=NC([O-])=C2C(c2ccc(Cl)cc2)=N1. The lowest BCUT2D eigenvalue weighted by atomic mass is 9.94. The summed E-state index contributed by atoms with van der Waals surface area (Å²) < 4.78 is 0. The summed E-state index contributed by atoms with van der Waals surface area (Å²) in [5, 5.41) is 25.9. The number of fused-ring (bicyclic) bond motifs is 1. The molecule has 0 radical (unpaired) electrons. The molecule has 0 aromatic heterocycles. The van der Waals surface area contributed by atoms with E-state index in [1.165, 1.54) is 0 Å². The van der Waals surface area contributed by atoms with Gasteiger partial charge in [-0.05, 0) is 36.0 Å². The zero-order valence-electron chi connectivity index (χ0n) is 12.1. The van der Waals surface area contributed by atoms with Crippen molar-refractivity contribution in [1.82, 2.24) is 0 Å². The number of hydrogen-bond acceptors (Lipinski definition) is 4. The van der Waals surface area contributed by atoms with Crippen molar-refractivity contribution in [1.29, 1.82) is 0 Å². The zero-order valence-corrected chi connectivity index (χ0v) is 13.6. The van der Waals surface area contributed by atoms with Gasteiger partial charge in [-0.1, -0.05) is 47.5 Å². The Morgan fingerprint density at radius 1 is 0.583 bits per heavy atom. The van der Waals surface area contributed by atoms with Gasteiger partial charge in [-0.2, -0.15) is 0 Å². The number of nitrogens with zero attached hydrogens (tertiary/aromatic N) is 2. The van der Waals surface area contributed by atoms with Crippen LogP contribution in [0.5, 0.6) is 0 Å². The van der Waals surface area contributed by atoms with Gasteiger partial charge in [0, 0.05) is 32.3 Å². The van der Waals surface area contributed by atoms with Crippen molar-refractivity contribution >= 4 is 34.6 Å². The van der Waals surface area contributed by atoms with Crippen LogP contribution in [0, 0.1) is 0 Å². The summed E-state index contributed by atoms with van der Waals surface area (Å²) >= 11 is 11.8. The van der Waals surface area contributed by atoms with E-state index in [1.54, 1.807) is 48.5 Å². The Morgan fingerprint density at radius 2 is 0.917 bits per heavy atom. The normalized spacial score (nSPS) is 16.4. The van der Waals surface area contributed by atoms with Gasteiger partial charge in [-0.25, -0.2) is 0 Å². The highest BCUT2D eigenvalue weighted by Gasteiger charge is 2.30. The summed E-state index contributed by atoms with van der Waals surface area (Å²) in [6, 6.07) is 13.6. The van der Waals surface area contributed by atoms with Gasteiger partial charge in [0.2, 0.25) is 0 Å². The van der Waals surface area contributed by atoms with Crippen molar-refractivity contribution in [2.75, 3.05) is 0 Å². The fourth-order valence-corrected chi connectivity index (χ4v) is 2.97. The van der Waals surface area contributed by atoms with E-state index in [4.69, 9.17) is 23.2 Å². The molecule has 2 aliphatic rings. The maximum absolute atomic E-state index is 12.4. The maximum atomic E-state index is 12.4. The predicted molar refractivity (Wildman–Crippen MR) is 90.0 cm³/mol. The molecule has 4 rings (SSSR count). The van der Waals surface area contributed by atoms with E-state index in [0.717, 1.165) is 0 Å². The third-order valence-corrected chi connectivity index (χ3v) is 4.32. The van der Waals surface area contributed by atoms with Crippen molar-refractivity contribution < 1.29 is 10.2 Å². The van der Waals surface area contributed by atoms with Gasteiger partial charge in [0.1, 0.15) is 0 Å². The fourth-order valence-electron chi connectivity index (χ4n) is 2.71. The number of benzene rings is 2. The molecule has 0 saturated heterocycles. The van der Waals surface area contributed by atoms with E-state index in [1.807, 2.05) is 0 Å². The van der Waals surface area contributed by atoms with Crippen LogP contribution in [0.1, 0.15) is 11.1 Å². The van der Waals surface area contributed by atoms with Crippen molar-refractivity contribution in [2.45, 2.75) is 0 Å².